The first kappa shape index (κ1) is 22.4. The molecule has 30 heavy (non-hydrogen) atoms. The van der Waals surface area contributed by atoms with Crippen LogP contribution in [0.4, 0.5) is 5.69 Å². The van der Waals surface area contributed by atoms with E-state index in [1.54, 1.807) is 19.9 Å². The molecule has 1 saturated heterocycles. The van der Waals surface area contributed by atoms with Crippen LogP contribution in [0.1, 0.15) is 49.7 Å². The first-order valence-corrected chi connectivity index (χ1v) is 11.6. The molecule has 1 heterocycles. The van der Waals surface area contributed by atoms with Gasteiger partial charge >= 0.3 is 0 Å². The number of sulfonamides is 1. The Morgan fingerprint density at radius 2 is 1.77 bits per heavy atom. The van der Waals surface area contributed by atoms with E-state index in [1.807, 2.05) is 0 Å². The van der Waals surface area contributed by atoms with Gasteiger partial charge < -0.3 is 5.32 Å². The van der Waals surface area contributed by atoms with Crippen molar-refractivity contribution in [2.24, 2.45) is 5.41 Å². The van der Waals surface area contributed by atoms with E-state index in [4.69, 9.17) is 0 Å². The van der Waals surface area contributed by atoms with Crippen molar-refractivity contribution >= 4 is 33.4 Å². The molecule has 9 heteroatoms. The lowest BCUT2D eigenvalue weighted by molar-refractivity contribution is -0.144. The van der Waals surface area contributed by atoms with E-state index in [2.05, 4.69) is 5.32 Å². The maximum atomic E-state index is 12.9. The number of carbonyl (C=O) groups is 3. The molecule has 0 atom stereocenters. The van der Waals surface area contributed by atoms with Gasteiger partial charge in [0.25, 0.3) is 0 Å². The van der Waals surface area contributed by atoms with E-state index in [1.165, 1.54) is 20.2 Å². The summed E-state index contributed by atoms with van der Waals surface area (Å²) in [5.74, 6) is -1.08. The van der Waals surface area contributed by atoms with E-state index in [0.29, 0.717) is 24.1 Å². The fourth-order valence-electron chi connectivity index (χ4n) is 4.29. The average molecular weight is 436 g/mol. The molecule has 1 saturated carbocycles. The van der Waals surface area contributed by atoms with E-state index < -0.39 is 21.3 Å². The molecule has 0 unspecified atom stereocenters. The summed E-state index contributed by atoms with van der Waals surface area (Å²) in [6.45, 7) is 3.18. The smallest absolute Gasteiger partial charge is 0.244 e. The van der Waals surface area contributed by atoms with E-state index >= 15 is 0 Å². The van der Waals surface area contributed by atoms with Crippen molar-refractivity contribution in [3.63, 3.8) is 0 Å². The molecule has 1 aliphatic heterocycles. The monoisotopic (exact) mass is 435 g/mol. The summed E-state index contributed by atoms with van der Waals surface area (Å²) in [5, 5.41) is 2.69. The second-order valence-corrected chi connectivity index (χ2v) is 10.7. The second kappa shape index (κ2) is 8.11. The van der Waals surface area contributed by atoms with Crippen LogP contribution in [0, 0.1) is 19.3 Å². The molecule has 3 rings (SSSR count). The van der Waals surface area contributed by atoms with Crippen LogP contribution in [0.15, 0.2) is 17.0 Å². The summed E-state index contributed by atoms with van der Waals surface area (Å²) in [6.07, 6.45) is 4.47. The van der Waals surface area contributed by atoms with Crippen LogP contribution in [0.25, 0.3) is 0 Å². The number of benzene rings is 1. The zero-order valence-corrected chi connectivity index (χ0v) is 18.8. The number of hydrogen-bond donors (Lipinski definition) is 1. The molecule has 3 amide bonds. The summed E-state index contributed by atoms with van der Waals surface area (Å²) in [4.78, 5) is 39.2. The molecule has 1 aliphatic carbocycles. The molecule has 2 fully saturated rings. The number of aryl methyl sites for hydroxylation is 1. The zero-order chi connectivity index (χ0) is 22.3. The summed E-state index contributed by atoms with van der Waals surface area (Å²) < 4.78 is 26.1. The highest BCUT2D eigenvalue weighted by Crippen LogP contribution is 2.45. The SMILES string of the molecule is Cc1cc(S(=O)(=O)N(C)C)cc(NC(=O)CN2C(=O)CC3(CCCCC3)C2=O)c1C. The number of carbonyl (C=O) groups excluding carboxylic acids is 3. The van der Waals surface area contributed by atoms with Crippen LogP contribution in [0.5, 0.6) is 0 Å². The van der Waals surface area contributed by atoms with Crippen LogP contribution in [0.3, 0.4) is 0 Å². The molecule has 0 bridgehead atoms. The van der Waals surface area contributed by atoms with Gasteiger partial charge in [0.15, 0.2) is 0 Å². The summed E-state index contributed by atoms with van der Waals surface area (Å²) in [5.41, 5.74) is 1.15. The molecule has 164 valence electrons. The number of amides is 3. The Kier molecular flexibility index (Phi) is 6.06. The van der Waals surface area contributed by atoms with Gasteiger partial charge in [0.2, 0.25) is 27.7 Å². The molecule has 1 spiro atoms. The largest absolute Gasteiger partial charge is 0.324 e. The number of imide groups is 1. The van der Waals surface area contributed by atoms with Gasteiger partial charge in [-0.05, 0) is 49.9 Å². The van der Waals surface area contributed by atoms with Crippen LogP contribution < -0.4 is 5.32 Å². The first-order chi connectivity index (χ1) is 14.0. The minimum atomic E-state index is -3.67. The van der Waals surface area contributed by atoms with Crippen LogP contribution in [0.2, 0.25) is 0 Å². The molecular weight excluding hydrogens is 406 g/mol. The second-order valence-electron chi connectivity index (χ2n) is 8.55. The Labute approximate surface area is 177 Å². The van der Waals surface area contributed by atoms with Gasteiger partial charge in [-0.1, -0.05) is 19.3 Å². The normalized spacial score (nSPS) is 19.0. The van der Waals surface area contributed by atoms with Gasteiger partial charge in [-0.2, -0.15) is 0 Å². The Bertz CT molecular complexity index is 994. The number of anilines is 1. The Morgan fingerprint density at radius 3 is 2.37 bits per heavy atom. The Morgan fingerprint density at radius 1 is 1.13 bits per heavy atom. The molecule has 0 aromatic heterocycles. The van der Waals surface area contributed by atoms with Crippen molar-refractivity contribution in [3.8, 4) is 0 Å². The lowest BCUT2D eigenvalue weighted by atomic mass is 9.73. The molecule has 1 N–H and O–H groups in total. The highest BCUT2D eigenvalue weighted by atomic mass is 32.2. The lowest BCUT2D eigenvalue weighted by Crippen LogP contribution is -2.41. The topological polar surface area (TPSA) is 104 Å². The maximum Gasteiger partial charge on any atom is 0.244 e. The third-order valence-electron chi connectivity index (χ3n) is 6.30. The van der Waals surface area contributed by atoms with Crippen molar-refractivity contribution in [2.45, 2.75) is 57.3 Å². The predicted octanol–water partition coefficient (Wildman–Crippen LogP) is 2.20. The quantitative estimate of drug-likeness (QED) is 0.714. The van der Waals surface area contributed by atoms with Gasteiger partial charge in [0.1, 0.15) is 6.54 Å². The minimum absolute atomic E-state index is 0.0698. The van der Waals surface area contributed by atoms with Gasteiger partial charge in [-0.15, -0.1) is 0 Å². The number of hydrogen-bond acceptors (Lipinski definition) is 5. The predicted molar refractivity (Wildman–Crippen MR) is 112 cm³/mol. The summed E-state index contributed by atoms with van der Waals surface area (Å²) >= 11 is 0. The Hall–Kier alpha value is -2.26. The van der Waals surface area contributed by atoms with Crippen molar-refractivity contribution in [3.05, 3.63) is 23.3 Å². The molecular formula is C21H29N3O5S. The summed E-state index contributed by atoms with van der Waals surface area (Å²) in [6, 6.07) is 2.96. The standard InChI is InChI=1S/C21H29N3O5S/c1-14-10-16(30(28,29)23(3)4)11-17(15(14)2)22-18(25)13-24-19(26)12-21(20(24)27)8-6-5-7-9-21/h10-11H,5-9,12-13H2,1-4H3,(H,22,25). The van der Waals surface area contributed by atoms with E-state index in [-0.39, 0.29) is 29.7 Å². The first-order valence-electron chi connectivity index (χ1n) is 10.2. The fourth-order valence-corrected chi connectivity index (χ4v) is 5.30. The number of rotatable bonds is 5. The molecule has 1 aromatic rings. The summed E-state index contributed by atoms with van der Waals surface area (Å²) in [7, 11) is -0.792. The highest BCUT2D eigenvalue weighted by molar-refractivity contribution is 7.89. The number of nitrogens with one attached hydrogen (secondary N) is 1. The molecule has 8 nitrogen and oxygen atoms in total. The fraction of sp³-hybridized carbons (Fsp3) is 0.571. The van der Waals surface area contributed by atoms with Crippen LogP contribution in [-0.2, 0) is 24.4 Å². The average Bonchev–Trinajstić information content (AvgIpc) is 2.89. The van der Waals surface area contributed by atoms with Crippen molar-refractivity contribution in [1.82, 2.24) is 9.21 Å². The number of nitrogens with zero attached hydrogens (tertiary/aromatic N) is 2. The third-order valence-corrected chi connectivity index (χ3v) is 8.09. The molecule has 0 radical (unpaired) electrons. The van der Waals surface area contributed by atoms with E-state index in [0.717, 1.165) is 34.0 Å². The van der Waals surface area contributed by atoms with Gasteiger partial charge in [-0.3, -0.25) is 19.3 Å². The molecule has 2 aliphatic rings. The molecule has 1 aromatic carbocycles. The van der Waals surface area contributed by atoms with Crippen molar-refractivity contribution in [1.29, 1.82) is 0 Å². The number of likely N-dealkylation sites (tertiary alicyclic amines) is 1. The van der Waals surface area contributed by atoms with Crippen LogP contribution in [-0.4, -0.2) is 56.0 Å². The van der Waals surface area contributed by atoms with E-state index in [9.17, 15) is 22.8 Å². The third kappa shape index (κ3) is 4.00. The van der Waals surface area contributed by atoms with Gasteiger partial charge in [0, 0.05) is 26.2 Å². The van der Waals surface area contributed by atoms with Crippen molar-refractivity contribution < 1.29 is 22.8 Å². The zero-order valence-electron chi connectivity index (χ0n) is 17.9. The Balaban J connectivity index is 1.79. The van der Waals surface area contributed by atoms with Gasteiger partial charge in [0.05, 0.1) is 10.3 Å². The van der Waals surface area contributed by atoms with Gasteiger partial charge in [-0.25, -0.2) is 12.7 Å². The lowest BCUT2D eigenvalue weighted by Gasteiger charge is -2.30. The highest BCUT2D eigenvalue weighted by Gasteiger charge is 2.51. The minimum Gasteiger partial charge on any atom is -0.324 e. The van der Waals surface area contributed by atoms with Crippen LogP contribution >= 0.6 is 0 Å². The maximum absolute atomic E-state index is 12.9. The van der Waals surface area contributed by atoms with Crippen molar-refractivity contribution in [2.75, 3.05) is 26.0 Å².